The molecule has 0 amide bonds. The van der Waals surface area contributed by atoms with E-state index in [9.17, 15) is 0 Å². The first-order valence-electron chi connectivity index (χ1n) is 6.54. The maximum atomic E-state index is 6.03. The summed E-state index contributed by atoms with van der Waals surface area (Å²) < 4.78 is 12.1. The van der Waals surface area contributed by atoms with Crippen molar-refractivity contribution in [1.29, 1.82) is 0 Å². The summed E-state index contributed by atoms with van der Waals surface area (Å²) in [5.74, 6) is 0.555. The van der Waals surface area contributed by atoms with Crippen LogP contribution in [0.1, 0.15) is 33.3 Å². The summed E-state index contributed by atoms with van der Waals surface area (Å²) in [5, 5.41) is 0.477. The second kappa shape index (κ2) is 5.72. The lowest BCUT2D eigenvalue weighted by Gasteiger charge is -2.32. The van der Waals surface area contributed by atoms with Crippen LogP contribution in [0.3, 0.4) is 0 Å². The number of thiol groups is 1. The van der Waals surface area contributed by atoms with Crippen molar-refractivity contribution in [2.45, 2.75) is 38.9 Å². The molecule has 0 aliphatic carbocycles. The fraction of sp³-hybridized carbons (Fsp3) is 0.500. The van der Waals surface area contributed by atoms with E-state index in [0.717, 1.165) is 11.0 Å². The molecule has 0 atom stereocenters. The molecule has 0 unspecified atom stereocenters. The van der Waals surface area contributed by atoms with Crippen LogP contribution in [-0.2, 0) is 9.31 Å². The summed E-state index contributed by atoms with van der Waals surface area (Å²) in [6, 6.07) is 3.66. The average Bonchev–Trinajstić information content (AvgIpc) is 2.57. The number of hydrogen-bond donors (Lipinski definition) is 1. The monoisotopic (exact) mass is 311 g/mol. The van der Waals surface area contributed by atoms with E-state index >= 15 is 0 Å². The zero-order valence-corrected chi connectivity index (χ0v) is 13.8. The van der Waals surface area contributed by atoms with Gasteiger partial charge < -0.3 is 9.31 Å². The van der Waals surface area contributed by atoms with Crippen LogP contribution in [0.2, 0.25) is 5.15 Å². The van der Waals surface area contributed by atoms with E-state index in [-0.39, 0.29) is 18.3 Å². The third-order valence-corrected chi connectivity index (χ3v) is 4.43. The number of halogens is 1. The lowest BCUT2D eigenvalue weighted by atomic mass is 9.78. The molecule has 2 heterocycles. The minimum absolute atomic E-state index is 0.349. The molecule has 1 aliphatic heterocycles. The Morgan fingerprint density at radius 1 is 1.30 bits per heavy atom. The Kier molecular flexibility index (Phi) is 4.55. The van der Waals surface area contributed by atoms with E-state index < -0.39 is 0 Å². The molecule has 1 fully saturated rings. The molecule has 3 nitrogen and oxygen atoms in total. The van der Waals surface area contributed by atoms with Gasteiger partial charge >= 0.3 is 7.12 Å². The normalized spacial score (nSPS) is 21.3. The van der Waals surface area contributed by atoms with Crippen molar-refractivity contribution >= 4 is 37.4 Å². The predicted octanol–water partition coefficient (Wildman–Crippen LogP) is 3.68. The molecule has 1 aliphatic rings. The van der Waals surface area contributed by atoms with Gasteiger partial charge in [0.15, 0.2) is 0 Å². The number of rotatable bonds is 3. The van der Waals surface area contributed by atoms with Gasteiger partial charge in [-0.1, -0.05) is 23.7 Å². The van der Waals surface area contributed by atoms with Gasteiger partial charge in [0, 0.05) is 11.9 Å². The first kappa shape index (κ1) is 15.9. The van der Waals surface area contributed by atoms with Crippen LogP contribution in [-0.4, -0.2) is 29.1 Å². The molecule has 0 saturated carbocycles. The van der Waals surface area contributed by atoms with Gasteiger partial charge in [-0.15, -0.1) is 0 Å². The molecule has 0 N–H and O–H groups in total. The number of hydrogen-bond acceptors (Lipinski definition) is 4. The quantitative estimate of drug-likeness (QED) is 0.525. The molecule has 20 heavy (non-hydrogen) atoms. The van der Waals surface area contributed by atoms with Gasteiger partial charge in [0.2, 0.25) is 0 Å². The van der Waals surface area contributed by atoms with Crippen molar-refractivity contribution in [2.75, 3.05) is 5.75 Å². The van der Waals surface area contributed by atoms with Gasteiger partial charge in [0.25, 0.3) is 0 Å². The van der Waals surface area contributed by atoms with Crippen molar-refractivity contribution < 1.29 is 9.31 Å². The minimum Gasteiger partial charge on any atom is -0.400 e. The van der Waals surface area contributed by atoms with Crippen LogP contribution in [0.5, 0.6) is 0 Å². The highest BCUT2D eigenvalue weighted by atomic mass is 35.5. The van der Waals surface area contributed by atoms with Crippen molar-refractivity contribution in [1.82, 2.24) is 4.98 Å². The summed E-state index contributed by atoms with van der Waals surface area (Å²) in [7, 11) is -0.381. The summed E-state index contributed by atoms with van der Waals surface area (Å²) in [4.78, 5) is 4.06. The second-order valence-corrected chi connectivity index (χ2v) is 6.58. The van der Waals surface area contributed by atoms with Gasteiger partial charge in [-0.25, -0.2) is 4.98 Å². The van der Waals surface area contributed by atoms with Crippen LogP contribution < -0.4 is 0 Å². The molecule has 0 aromatic carbocycles. The Labute approximate surface area is 131 Å². The molecule has 108 valence electrons. The van der Waals surface area contributed by atoms with E-state index in [1.807, 2.05) is 39.8 Å². The Balaban J connectivity index is 2.24. The minimum atomic E-state index is -0.381. The topological polar surface area (TPSA) is 31.4 Å². The summed E-state index contributed by atoms with van der Waals surface area (Å²) >= 11 is 10.2. The molecule has 1 aromatic rings. The first-order chi connectivity index (χ1) is 9.25. The van der Waals surface area contributed by atoms with Crippen molar-refractivity contribution in [3.63, 3.8) is 0 Å². The first-order valence-corrected chi connectivity index (χ1v) is 7.55. The van der Waals surface area contributed by atoms with Gasteiger partial charge in [-0.3, -0.25) is 0 Å². The summed E-state index contributed by atoms with van der Waals surface area (Å²) in [6.07, 6.45) is 3.70. The van der Waals surface area contributed by atoms with Crippen LogP contribution in [0.4, 0.5) is 0 Å². The highest BCUT2D eigenvalue weighted by molar-refractivity contribution is 7.80. The van der Waals surface area contributed by atoms with E-state index in [2.05, 4.69) is 17.6 Å². The summed E-state index contributed by atoms with van der Waals surface area (Å²) in [6.45, 7) is 8.14. The third kappa shape index (κ3) is 3.22. The van der Waals surface area contributed by atoms with Gasteiger partial charge in [0.1, 0.15) is 5.15 Å². The Morgan fingerprint density at radius 3 is 2.35 bits per heavy atom. The molecule has 0 radical (unpaired) electrons. The fourth-order valence-electron chi connectivity index (χ4n) is 1.87. The van der Waals surface area contributed by atoms with E-state index in [0.29, 0.717) is 10.9 Å². The number of nitrogens with zero attached hydrogens (tertiary/aromatic N) is 1. The SMILES string of the molecule is CC1(C)OB(C(=Cc2ccc(Cl)nc2)CS)OC1(C)C. The summed E-state index contributed by atoms with van der Waals surface area (Å²) in [5.41, 5.74) is 1.22. The molecule has 1 saturated heterocycles. The Hall–Kier alpha value is -0.485. The lowest BCUT2D eigenvalue weighted by Crippen LogP contribution is -2.41. The predicted molar refractivity (Wildman–Crippen MR) is 87.2 cm³/mol. The second-order valence-electron chi connectivity index (χ2n) is 5.88. The number of pyridine rings is 1. The maximum absolute atomic E-state index is 6.03. The fourth-order valence-corrected chi connectivity index (χ4v) is 2.22. The Morgan fingerprint density at radius 2 is 1.90 bits per heavy atom. The molecular formula is C14H19BClNO2S. The average molecular weight is 312 g/mol. The zero-order valence-electron chi connectivity index (χ0n) is 12.2. The number of aromatic nitrogens is 1. The molecule has 1 aromatic heterocycles. The third-order valence-electron chi connectivity index (χ3n) is 3.84. The van der Waals surface area contributed by atoms with Crippen molar-refractivity contribution in [3.05, 3.63) is 34.5 Å². The smallest absolute Gasteiger partial charge is 0.400 e. The van der Waals surface area contributed by atoms with Crippen molar-refractivity contribution in [2.24, 2.45) is 0 Å². The Bertz CT molecular complexity index is 500. The standard InChI is InChI=1S/C14H19BClNO2S/c1-13(2)14(3,4)19-15(18-13)11(9-20)7-10-5-6-12(16)17-8-10/h5-8,20H,9H2,1-4H3. The van der Waals surface area contributed by atoms with Gasteiger partial charge in [-0.05, 0) is 44.8 Å². The maximum Gasteiger partial charge on any atom is 0.491 e. The molecule has 2 rings (SSSR count). The van der Waals surface area contributed by atoms with E-state index in [4.69, 9.17) is 20.9 Å². The highest BCUT2D eigenvalue weighted by Gasteiger charge is 2.52. The van der Waals surface area contributed by atoms with Crippen LogP contribution >= 0.6 is 24.2 Å². The lowest BCUT2D eigenvalue weighted by molar-refractivity contribution is 0.00578. The van der Waals surface area contributed by atoms with E-state index in [1.54, 1.807) is 12.3 Å². The zero-order chi connectivity index (χ0) is 15.0. The van der Waals surface area contributed by atoms with Crippen LogP contribution in [0.25, 0.3) is 6.08 Å². The van der Waals surface area contributed by atoms with Crippen molar-refractivity contribution in [3.8, 4) is 0 Å². The molecule has 0 bridgehead atoms. The highest BCUT2D eigenvalue weighted by Crippen LogP contribution is 2.38. The molecular weight excluding hydrogens is 292 g/mol. The van der Waals surface area contributed by atoms with Gasteiger partial charge in [-0.2, -0.15) is 12.6 Å². The molecule has 0 spiro atoms. The van der Waals surface area contributed by atoms with E-state index in [1.165, 1.54) is 0 Å². The van der Waals surface area contributed by atoms with Gasteiger partial charge in [0.05, 0.1) is 11.2 Å². The molecule has 6 heteroatoms. The largest absolute Gasteiger partial charge is 0.491 e. The van der Waals surface area contributed by atoms with Crippen LogP contribution in [0, 0.1) is 0 Å². The van der Waals surface area contributed by atoms with Crippen LogP contribution in [0.15, 0.2) is 23.8 Å².